The van der Waals surface area contributed by atoms with E-state index in [2.05, 4.69) is 20.6 Å². The molecule has 1 amide bonds. The molecule has 1 aromatic carbocycles. The molecule has 12 heteroatoms. The quantitative estimate of drug-likeness (QED) is 0.373. The van der Waals surface area contributed by atoms with Gasteiger partial charge in [0.25, 0.3) is 5.56 Å². The van der Waals surface area contributed by atoms with Crippen LogP contribution in [0.5, 0.6) is 0 Å². The number of aromatic nitrogens is 2. The highest BCUT2D eigenvalue weighted by atomic mass is 19.2. The van der Waals surface area contributed by atoms with Crippen LogP contribution in [0, 0.1) is 17.5 Å². The average molecular weight is 551 g/mol. The summed E-state index contributed by atoms with van der Waals surface area (Å²) < 4.78 is 47.3. The number of ether oxygens (including phenoxy) is 2. The fraction of sp³-hybridized carbons (Fsp3) is 0.333. The number of benzene rings is 1. The summed E-state index contributed by atoms with van der Waals surface area (Å²) >= 11 is 0. The minimum Gasteiger partial charge on any atom is -0.444 e. The first kappa shape index (κ1) is 32.8. The molecule has 0 aliphatic carbocycles. The zero-order chi connectivity index (χ0) is 29.4. The molecule has 0 aliphatic heterocycles. The van der Waals surface area contributed by atoms with Crippen molar-refractivity contribution in [3.8, 4) is 0 Å². The summed E-state index contributed by atoms with van der Waals surface area (Å²) in [4.78, 5) is 38.9. The summed E-state index contributed by atoms with van der Waals surface area (Å²) in [5, 5.41) is 5.19. The highest BCUT2D eigenvalue weighted by molar-refractivity contribution is 5.71. The Morgan fingerprint density at radius 1 is 1.13 bits per heavy atom. The molecule has 0 saturated heterocycles. The highest BCUT2D eigenvalue weighted by Gasteiger charge is 2.19. The van der Waals surface area contributed by atoms with Crippen LogP contribution in [0.4, 0.5) is 23.8 Å². The Morgan fingerprint density at radius 2 is 1.77 bits per heavy atom. The SMILES string of the molecule is CC(C)(C)OC(=O)NCC=O.CNc1cc(C(COC)c2cc(F)c[nH]c2=O)ccn1.Fc1ccccc1F. The lowest BCUT2D eigenvalue weighted by Crippen LogP contribution is -2.33. The monoisotopic (exact) mass is 550 g/mol. The molecular weight excluding hydrogens is 517 g/mol. The maximum Gasteiger partial charge on any atom is 0.408 e. The molecule has 3 aromatic rings. The Morgan fingerprint density at radius 3 is 2.28 bits per heavy atom. The van der Waals surface area contributed by atoms with Crippen LogP contribution >= 0.6 is 0 Å². The maximum atomic E-state index is 13.4. The largest absolute Gasteiger partial charge is 0.444 e. The molecule has 0 radical (unpaired) electrons. The number of hydrogen-bond donors (Lipinski definition) is 3. The van der Waals surface area contributed by atoms with Crippen molar-refractivity contribution in [3.05, 3.63) is 93.8 Å². The van der Waals surface area contributed by atoms with E-state index in [9.17, 15) is 27.6 Å². The molecule has 1 unspecified atom stereocenters. The number of carbonyl (C=O) groups is 2. The van der Waals surface area contributed by atoms with Crippen molar-refractivity contribution in [2.45, 2.75) is 32.3 Å². The standard InChI is InChI=1S/C14H16FN3O2.C7H13NO3.C6H4F2/c1-16-13-5-9(3-4-17-13)12(8-20-2)11-6-10(15)7-18-14(11)19;1-7(2,3)11-6(10)8-4-5-9;7-5-3-1-2-4-6(5)8/h3-7,12H,8H2,1-2H3,(H,16,17)(H,18,19);5H,4H2,1-3H3,(H,8,10);1-4H. The van der Waals surface area contributed by atoms with E-state index >= 15 is 0 Å². The molecule has 39 heavy (non-hydrogen) atoms. The lowest BCUT2D eigenvalue weighted by atomic mass is 9.93. The molecule has 0 aliphatic rings. The molecule has 2 heterocycles. The number of methoxy groups -OCH3 is 1. The molecule has 0 saturated carbocycles. The van der Waals surface area contributed by atoms with Gasteiger partial charge in [0.2, 0.25) is 0 Å². The van der Waals surface area contributed by atoms with Gasteiger partial charge in [-0.3, -0.25) is 4.79 Å². The average Bonchev–Trinajstić information content (AvgIpc) is 2.89. The fourth-order valence-electron chi connectivity index (χ4n) is 2.94. The van der Waals surface area contributed by atoms with E-state index in [0.29, 0.717) is 17.7 Å². The van der Waals surface area contributed by atoms with E-state index in [1.165, 1.54) is 18.2 Å². The number of nitrogens with zero attached hydrogens (tertiary/aromatic N) is 1. The van der Waals surface area contributed by atoms with Gasteiger partial charge < -0.3 is 29.9 Å². The first-order chi connectivity index (χ1) is 18.4. The van der Waals surface area contributed by atoms with Crippen molar-refractivity contribution in [1.82, 2.24) is 15.3 Å². The smallest absolute Gasteiger partial charge is 0.408 e. The molecule has 3 rings (SSSR count). The second kappa shape index (κ2) is 16.6. The maximum absolute atomic E-state index is 13.4. The van der Waals surface area contributed by atoms with Gasteiger partial charge in [0.1, 0.15) is 23.5 Å². The van der Waals surface area contributed by atoms with Gasteiger partial charge in [0, 0.05) is 38.0 Å². The Bertz CT molecular complexity index is 1230. The third-order valence-corrected chi connectivity index (χ3v) is 4.60. The van der Waals surface area contributed by atoms with E-state index in [1.807, 2.05) is 6.07 Å². The molecule has 2 aromatic heterocycles. The highest BCUT2D eigenvalue weighted by Crippen LogP contribution is 2.24. The third-order valence-electron chi connectivity index (χ3n) is 4.60. The second-order valence-corrected chi connectivity index (χ2v) is 8.80. The minimum absolute atomic E-state index is 0.00505. The van der Waals surface area contributed by atoms with Crippen LogP contribution in [-0.4, -0.2) is 55.3 Å². The van der Waals surface area contributed by atoms with Gasteiger partial charge in [-0.15, -0.1) is 0 Å². The van der Waals surface area contributed by atoms with Crippen molar-refractivity contribution in [3.63, 3.8) is 0 Å². The van der Waals surface area contributed by atoms with Gasteiger partial charge in [-0.1, -0.05) is 12.1 Å². The van der Waals surface area contributed by atoms with Gasteiger partial charge in [0.05, 0.1) is 13.2 Å². The predicted molar refractivity (Wildman–Crippen MR) is 141 cm³/mol. The van der Waals surface area contributed by atoms with Crippen LogP contribution in [0.2, 0.25) is 0 Å². The van der Waals surface area contributed by atoms with Gasteiger partial charge in [0.15, 0.2) is 11.6 Å². The Hall–Kier alpha value is -4.19. The molecule has 3 N–H and O–H groups in total. The Labute approximate surface area is 224 Å². The number of rotatable bonds is 7. The third kappa shape index (κ3) is 12.7. The van der Waals surface area contributed by atoms with Gasteiger partial charge in [-0.2, -0.15) is 0 Å². The number of carbonyl (C=O) groups excluding carboxylic acids is 2. The van der Waals surface area contributed by atoms with Crippen molar-refractivity contribution in [1.29, 1.82) is 0 Å². The fourth-order valence-corrected chi connectivity index (χ4v) is 2.94. The van der Waals surface area contributed by atoms with Crippen molar-refractivity contribution in [2.75, 3.05) is 32.6 Å². The van der Waals surface area contributed by atoms with E-state index in [4.69, 9.17) is 9.47 Å². The van der Waals surface area contributed by atoms with Crippen LogP contribution in [0.15, 0.2) is 59.7 Å². The van der Waals surface area contributed by atoms with Crippen molar-refractivity contribution >= 4 is 18.2 Å². The second-order valence-electron chi connectivity index (χ2n) is 8.80. The zero-order valence-corrected chi connectivity index (χ0v) is 22.4. The first-order valence-electron chi connectivity index (χ1n) is 11.7. The van der Waals surface area contributed by atoms with Gasteiger partial charge >= 0.3 is 6.09 Å². The number of halogens is 3. The first-order valence-corrected chi connectivity index (χ1v) is 11.7. The lowest BCUT2D eigenvalue weighted by Gasteiger charge is -2.18. The number of H-pyrrole nitrogens is 1. The van der Waals surface area contributed by atoms with Gasteiger partial charge in [-0.05, 0) is 56.7 Å². The molecule has 9 nitrogen and oxygen atoms in total. The number of aldehydes is 1. The van der Waals surface area contributed by atoms with Crippen LogP contribution in [0.25, 0.3) is 0 Å². The van der Waals surface area contributed by atoms with Gasteiger partial charge in [-0.25, -0.2) is 22.9 Å². The topological polar surface area (TPSA) is 122 Å². The number of anilines is 1. The van der Waals surface area contributed by atoms with E-state index in [-0.39, 0.29) is 24.6 Å². The van der Waals surface area contributed by atoms with Crippen LogP contribution in [0.3, 0.4) is 0 Å². The molecule has 0 bridgehead atoms. The van der Waals surface area contributed by atoms with E-state index in [1.54, 1.807) is 47.2 Å². The van der Waals surface area contributed by atoms with Crippen LogP contribution in [-0.2, 0) is 14.3 Å². The number of aromatic amines is 1. The number of hydrogen-bond acceptors (Lipinski definition) is 7. The van der Waals surface area contributed by atoms with Crippen molar-refractivity contribution in [2.24, 2.45) is 0 Å². The number of amides is 1. The summed E-state index contributed by atoms with van der Waals surface area (Å²) in [5.41, 5.74) is 0.339. The van der Waals surface area contributed by atoms with Crippen molar-refractivity contribution < 1.29 is 32.2 Å². The normalized spacial score (nSPS) is 11.1. The number of alkyl carbamates (subject to hydrolysis) is 1. The molecule has 0 spiro atoms. The summed E-state index contributed by atoms with van der Waals surface area (Å²) in [6.07, 6.45) is 2.72. The Balaban J connectivity index is 0.000000335. The summed E-state index contributed by atoms with van der Waals surface area (Å²) in [6.45, 7) is 5.54. The van der Waals surface area contributed by atoms with E-state index in [0.717, 1.165) is 23.9 Å². The molecule has 1 atom stereocenters. The predicted octanol–water partition coefficient (Wildman–Crippen LogP) is 4.40. The summed E-state index contributed by atoms with van der Waals surface area (Å²) in [7, 11) is 3.30. The van der Waals surface area contributed by atoms with Crippen LogP contribution < -0.4 is 16.2 Å². The Kier molecular flexibility index (Phi) is 14.0. The minimum atomic E-state index is -0.799. The zero-order valence-electron chi connectivity index (χ0n) is 22.4. The number of nitrogens with one attached hydrogen (secondary N) is 3. The summed E-state index contributed by atoms with van der Waals surface area (Å²) in [6, 6.07) is 9.88. The summed E-state index contributed by atoms with van der Waals surface area (Å²) in [5.74, 6) is -1.76. The van der Waals surface area contributed by atoms with Crippen LogP contribution in [0.1, 0.15) is 37.8 Å². The molecule has 0 fully saturated rings. The number of pyridine rings is 2. The molecule has 212 valence electrons. The molecular formula is C27H33F3N4O5. The van der Waals surface area contributed by atoms with E-state index < -0.39 is 29.1 Å². The lowest BCUT2D eigenvalue weighted by molar-refractivity contribution is -0.107.